The monoisotopic (exact) mass is 284 g/mol. The van der Waals surface area contributed by atoms with Crippen molar-refractivity contribution in [3.63, 3.8) is 0 Å². The number of aryl methyl sites for hydroxylation is 4. The average molecular weight is 284 g/mol. The lowest BCUT2D eigenvalue weighted by atomic mass is 9.90. The zero-order chi connectivity index (χ0) is 15.4. The van der Waals surface area contributed by atoms with E-state index < -0.39 is 0 Å². The minimum atomic E-state index is 1.32. The lowest BCUT2D eigenvalue weighted by Gasteiger charge is -2.14. The highest BCUT2D eigenvalue weighted by Crippen LogP contribution is 2.36. The van der Waals surface area contributed by atoms with Gasteiger partial charge in [0.2, 0.25) is 0 Å². The fourth-order valence-corrected chi connectivity index (χ4v) is 3.69. The first-order valence-electron chi connectivity index (χ1n) is 7.88. The van der Waals surface area contributed by atoms with Crippen molar-refractivity contribution in [1.29, 1.82) is 0 Å². The third kappa shape index (κ3) is 1.84. The van der Waals surface area contributed by atoms with Crippen molar-refractivity contribution < 1.29 is 0 Å². The molecule has 0 atom stereocenters. The molecule has 0 fully saturated rings. The number of rotatable bonds is 0. The van der Waals surface area contributed by atoms with Gasteiger partial charge in [-0.15, -0.1) is 0 Å². The molecule has 4 rings (SSSR count). The maximum absolute atomic E-state index is 2.37. The van der Waals surface area contributed by atoms with Crippen LogP contribution in [0.2, 0.25) is 0 Å². The van der Waals surface area contributed by atoms with E-state index in [1.54, 1.807) is 0 Å². The zero-order valence-corrected chi connectivity index (χ0v) is 13.6. The summed E-state index contributed by atoms with van der Waals surface area (Å²) in [5.74, 6) is 0. The van der Waals surface area contributed by atoms with Crippen LogP contribution < -0.4 is 0 Å². The Hall–Kier alpha value is -2.34. The van der Waals surface area contributed by atoms with Crippen LogP contribution in [0.4, 0.5) is 0 Å². The quantitative estimate of drug-likeness (QED) is 0.329. The Labute approximate surface area is 131 Å². The maximum Gasteiger partial charge on any atom is -0.00695 e. The number of fused-ring (bicyclic) bond motifs is 5. The van der Waals surface area contributed by atoms with Crippen LogP contribution in [0.3, 0.4) is 0 Å². The fourth-order valence-electron chi connectivity index (χ4n) is 3.69. The van der Waals surface area contributed by atoms with Gasteiger partial charge in [0, 0.05) is 0 Å². The third-order valence-electron chi connectivity index (χ3n) is 4.76. The van der Waals surface area contributed by atoms with Crippen LogP contribution in [0.5, 0.6) is 0 Å². The Morgan fingerprint density at radius 3 is 1.95 bits per heavy atom. The topological polar surface area (TPSA) is 0 Å². The largest absolute Gasteiger partial charge is 0.0587 e. The molecule has 108 valence electrons. The molecule has 4 aromatic carbocycles. The van der Waals surface area contributed by atoms with E-state index in [9.17, 15) is 0 Å². The number of hydrogen-bond acceptors (Lipinski definition) is 0. The van der Waals surface area contributed by atoms with Gasteiger partial charge >= 0.3 is 0 Å². The molecule has 4 aromatic rings. The van der Waals surface area contributed by atoms with Crippen LogP contribution in [0.25, 0.3) is 32.3 Å². The Morgan fingerprint density at radius 2 is 1.18 bits per heavy atom. The summed E-state index contributed by atoms with van der Waals surface area (Å²) in [5, 5.41) is 8.24. The normalized spacial score (nSPS) is 11.6. The van der Waals surface area contributed by atoms with E-state index in [-0.39, 0.29) is 0 Å². The van der Waals surface area contributed by atoms with Crippen LogP contribution in [0.15, 0.2) is 48.5 Å². The first-order chi connectivity index (χ1) is 10.5. The Balaban J connectivity index is 2.33. The Morgan fingerprint density at radius 1 is 0.500 bits per heavy atom. The zero-order valence-electron chi connectivity index (χ0n) is 13.6. The highest BCUT2D eigenvalue weighted by Gasteiger charge is 2.10. The summed E-state index contributed by atoms with van der Waals surface area (Å²) < 4.78 is 0. The summed E-state index contributed by atoms with van der Waals surface area (Å²) in [6.45, 7) is 8.80. The molecule has 0 spiro atoms. The van der Waals surface area contributed by atoms with Crippen molar-refractivity contribution in [3.8, 4) is 0 Å². The smallest absolute Gasteiger partial charge is 0.00695 e. The summed E-state index contributed by atoms with van der Waals surface area (Å²) in [4.78, 5) is 0. The predicted octanol–water partition coefficient (Wildman–Crippen LogP) is 6.38. The fraction of sp³-hybridized carbons (Fsp3) is 0.182. The van der Waals surface area contributed by atoms with E-state index in [0.717, 1.165) is 0 Å². The van der Waals surface area contributed by atoms with Crippen LogP contribution >= 0.6 is 0 Å². The van der Waals surface area contributed by atoms with Crippen LogP contribution in [-0.2, 0) is 0 Å². The van der Waals surface area contributed by atoms with Gasteiger partial charge in [0.05, 0.1) is 0 Å². The third-order valence-corrected chi connectivity index (χ3v) is 4.76. The van der Waals surface area contributed by atoms with Gasteiger partial charge in [-0.2, -0.15) is 0 Å². The van der Waals surface area contributed by atoms with E-state index in [1.165, 1.54) is 54.6 Å². The molecule has 0 aromatic heterocycles. The lowest BCUT2D eigenvalue weighted by molar-refractivity contribution is 1.47. The van der Waals surface area contributed by atoms with Crippen LogP contribution in [0, 0.1) is 27.7 Å². The standard InChI is InChI=1S/C22H20/c1-13-5-7-17-11-16(4)22-18-8-6-14(2)9-19(18)15(3)12-21(22)20(17)10-13/h5-12H,1-4H3. The van der Waals surface area contributed by atoms with Gasteiger partial charge in [-0.1, -0.05) is 59.7 Å². The summed E-state index contributed by atoms with van der Waals surface area (Å²) in [5.41, 5.74) is 5.36. The van der Waals surface area contributed by atoms with Crippen molar-refractivity contribution in [1.82, 2.24) is 0 Å². The van der Waals surface area contributed by atoms with Crippen molar-refractivity contribution in [2.45, 2.75) is 27.7 Å². The molecule has 0 saturated heterocycles. The summed E-state index contributed by atoms with van der Waals surface area (Å²) in [6, 6.07) is 18.3. The van der Waals surface area contributed by atoms with Gasteiger partial charge < -0.3 is 0 Å². The van der Waals surface area contributed by atoms with Gasteiger partial charge in [0.15, 0.2) is 0 Å². The maximum atomic E-state index is 2.37. The molecule has 22 heavy (non-hydrogen) atoms. The molecular weight excluding hydrogens is 264 g/mol. The average Bonchev–Trinajstić information content (AvgIpc) is 2.48. The van der Waals surface area contributed by atoms with Gasteiger partial charge in [0.1, 0.15) is 0 Å². The predicted molar refractivity (Wildman–Crippen MR) is 97.9 cm³/mol. The molecule has 0 nitrogen and oxygen atoms in total. The molecule has 0 saturated carbocycles. The first kappa shape index (κ1) is 13.3. The van der Waals surface area contributed by atoms with E-state index in [2.05, 4.69) is 76.2 Å². The highest BCUT2D eigenvalue weighted by atomic mass is 14.1. The van der Waals surface area contributed by atoms with E-state index in [0.29, 0.717) is 0 Å². The molecule has 0 unspecified atom stereocenters. The van der Waals surface area contributed by atoms with Crippen molar-refractivity contribution in [3.05, 3.63) is 70.8 Å². The van der Waals surface area contributed by atoms with Crippen molar-refractivity contribution in [2.24, 2.45) is 0 Å². The second kappa shape index (κ2) is 4.58. The molecule has 0 amide bonds. The van der Waals surface area contributed by atoms with Crippen molar-refractivity contribution in [2.75, 3.05) is 0 Å². The lowest BCUT2D eigenvalue weighted by Crippen LogP contribution is -1.89. The molecular formula is C22H20. The Bertz CT molecular complexity index is 1050. The molecule has 0 N–H and O–H groups in total. The number of hydrogen-bond donors (Lipinski definition) is 0. The van der Waals surface area contributed by atoms with Gasteiger partial charge in [-0.3, -0.25) is 0 Å². The van der Waals surface area contributed by atoms with Gasteiger partial charge in [-0.25, -0.2) is 0 Å². The second-order valence-electron chi connectivity index (χ2n) is 6.58. The second-order valence-corrected chi connectivity index (χ2v) is 6.58. The summed E-state index contributed by atoms with van der Waals surface area (Å²) >= 11 is 0. The molecule has 0 radical (unpaired) electrons. The molecule has 0 heteroatoms. The molecule has 0 aliphatic rings. The van der Waals surface area contributed by atoms with E-state index >= 15 is 0 Å². The number of benzene rings is 4. The van der Waals surface area contributed by atoms with E-state index in [1.807, 2.05) is 0 Å². The van der Waals surface area contributed by atoms with Crippen LogP contribution in [-0.4, -0.2) is 0 Å². The van der Waals surface area contributed by atoms with Crippen molar-refractivity contribution >= 4 is 32.3 Å². The highest BCUT2D eigenvalue weighted by molar-refractivity contribution is 6.19. The van der Waals surface area contributed by atoms with Gasteiger partial charge in [-0.05, 0) is 71.1 Å². The first-order valence-corrected chi connectivity index (χ1v) is 7.88. The van der Waals surface area contributed by atoms with Crippen LogP contribution in [0.1, 0.15) is 22.3 Å². The summed E-state index contributed by atoms with van der Waals surface area (Å²) in [7, 11) is 0. The minimum Gasteiger partial charge on any atom is -0.0587 e. The molecule has 0 aliphatic carbocycles. The van der Waals surface area contributed by atoms with Gasteiger partial charge in [0.25, 0.3) is 0 Å². The van der Waals surface area contributed by atoms with E-state index in [4.69, 9.17) is 0 Å². The minimum absolute atomic E-state index is 1.32. The molecule has 0 bridgehead atoms. The summed E-state index contributed by atoms with van der Waals surface area (Å²) in [6.07, 6.45) is 0. The molecule has 0 aliphatic heterocycles. The SMILES string of the molecule is Cc1ccc2c(c1)c(C)cc1c3cc(C)ccc3cc(C)c21. The molecule has 0 heterocycles. The Kier molecular flexibility index (Phi) is 2.77.